The van der Waals surface area contributed by atoms with Crippen molar-refractivity contribution in [1.29, 1.82) is 0 Å². The minimum Gasteiger partial charge on any atom is -0.487 e. The Labute approximate surface area is 214 Å². The number of aromatic nitrogens is 1. The number of rotatable bonds is 5. The van der Waals surface area contributed by atoms with E-state index in [1.54, 1.807) is 6.92 Å². The molecule has 0 bridgehead atoms. The van der Waals surface area contributed by atoms with E-state index in [4.69, 9.17) is 9.47 Å². The monoisotopic (exact) mass is 515 g/mol. The van der Waals surface area contributed by atoms with Gasteiger partial charge in [-0.1, -0.05) is 6.92 Å². The van der Waals surface area contributed by atoms with Crippen LogP contribution in [0.3, 0.4) is 0 Å². The highest BCUT2D eigenvalue weighted by Crippen LogP contribution is 2.50. The Balaban J connectivity index is 1.55. The first-order chi connectivity index (χ1) is 17.4. The molecule has 2 aromatic rings. The number of aromatic carboxylic acids is 1. The van der Waals surface area contributed by atoms with E-state index in [1.165, 1.54) is 10.6 Å². The van der Waals surface area contributed by atoms with Crippen LogP contribution in [0.2, 0.25) is 0 Å². The van der Waals surface area contributed by atoms with Gasteiger partial charge in [-0.15, -0.1) is 0 Å². The van der Waals surface area contributed by atoms with Crippen LogP contribution >= 0.6 is 0 Å². The second kappa shape index (κ2) is 8.63. The van der Waals surface area contributed by atoms with E-state index in [2.05, 4.69) is 5.32 Å². The molecule has 0 radical (unpaired) electrons. The van der Waals surface area contributed by atoms with Crippen molar-refractivity contribution in [2.45, 2.75) is 77.5 Å². The van der Waals surface area contributed by atoms with Gasteiger partial charge in [-0.05, 0) is 65.0 Å². The number of carboxylic acid groups (broad SMARTS) is 1. The van der Waals surface area contributed by atoms with E-state index in [-0.39, 0.29) is 29.4 Å². The lowest BCUT2D eigenvalue weighted by molar-refractivity contribution is 0.0477. The molecular weight excluding hydrogens is 481 g/mol. The number of carboxylic acids is 1. The van der Waals surface area contributed by atoms with Crippen LogP contribution in [0.1, 0.15) is 75.8 Å². The first kappa shape index (κ1) is 25.4. The number of anilines is 1. The van der Waals surface area contributed by atoms with Gasteiger partial charge < -0.3 is 24.8 Å². The summed E-state index contributed by atoms with van der Waals surface area (Å²) < 4.78 is 29.2. The number of halogens is 1. The number of aryl methyl sites for hydroxylation is 1. The van der Waals surface area contributed by atoms with Crippen molar-refractivity contribution in [3.05, 3.63) is 33.4 Å². The van der Waals surface area contributed by atoms with Gasteiger partial charge in [0.2, 0.25) is 0 Å². The minimum atomic E-state index is -1.34. The van der Waals surface area contributed by atoms with Crippen LogP contribution in [-0.4, -0.2) is 52.6 Å². The maximum atomic E-state index is 16.2. The molecule has 5 rings (SSSR count). The maximum Gasteiger partial charge on any atom is 0.408 e. The van der Waals surface area contributed by atoms with Crippen LogP contribution in [0.4, 0.5) is 14.9 Å². The molecule has 0 spiro atoms. The fraction of sp³-hybridized carbons (Fsp3) is 0.593. The average Bonchev–Trinajstić information content (AvgIpc) is 3.40. The summed E-state index contributed by atoms with van der Waals surface area (Å²) in [6.45, 7) is 10.3. The molecule has 1 saturated heterocycles. The van der Waals surface area contributed by atoms with Crippen molar-refractivity contribution in [2.24, 2.45) is 5.92 Å². The molecule has 2 N–H and O–H groups in total. The number of nitrogens with zero attached hydrogens (tertiary/aromatic N) is 2. The lowest BCUT2D eigenvalue weighted by atomic mass is 9.96. The Bertz CT molecular complexity index is 1360. The predicted octanol–water partition coefficient (Wildman–Crippen LogP) is 4.24. The smallest absolute Gasteiger partial charge is 0.408 e. The summed E-state index contributed by atoms with van der Waals surface area (Å²) >= 11 is 0. The van der Waals surface area contributed by atoms with Crippen molar-refractivity contribution in [3.63, 3.8) is 0 Å². The van der Waals surface area contributed by atoms with Crippen molar-refractivity contribution in [2.75, 3.05) is 24.6 Å². The number of hydrogen-bond acceptors (Lipinski definition) is 6. The summed E-state index contributed by atoms with van der Waals surface area (Å²) in [6.07, 6.45) is 2.31. The summed E-state index contributed by atoms with van der Waals surface area (Å²) in [6, 6.07) is 0.882. The van der Waals surface area contributed by atoms with Gasteiger partial charge in [0.15, 0.2) is 11.6 Å². The van der Waals surface area contributed by atoms with Crippen molar-refractivity contribution in [3.8, 4) is 5.75 Å². The van der Waals surface area contributed by atoms with Gasteiger partial charge in [0.05, 0.1) is 11.6 Å². The number of alkyl carbamates (subject to hydrolysis) is 1. The summed E-state index contributed by atoms with van der Waals surface area (Å²) in [4.78, 5) is 39.4. The predicted molar refractivity (Wildman–Crippen MR) is 136 cm³/mol. The maximum absolute atomic E-state index is 16.2. The van der Waals surface area contributed by atoms with Crippen molar-refractivity contribution < 1.29 is 28.6 Å². The summed E-state index contributed by atoms with van der Waals surface area (Å²) in [5.41, 5.74) is -0.849. The highest BCUT2D eigenvalue weighted by Gasteiger charge is 2.53. The summed E-state index contributed by atoms with van der Waals surface area (Å²) in [5, 5.41) is 13.1. The van der Waals surface area contributed by atoms with Crippen LogP contribution in [0.15, 0.2) is 10.9 Å². The Hall–Kier alpha value is -3.30. The zero-order valence-electron chi connectivity index (χ0n) is 21.9. The fourth-order valence-corrected chi connectivity index (χ4v) is 5.88. The molecule has 0 unspecified atom stereocenters. The lowest BCUT2D eigenvalue weighted by Gasteiger charge is -2.32. The Morgan fingerprint density at radius 3 is 2.62 bits per heavy atom. The molecule has 1 amide bonds. The first-order valence-electron chi connectivity index (χ1n) is 12.9. The Morgan fingerprint density at radius 1 is 1.32 bits per heavy atom. The highest BCUT2D eigenvalue weighted by molar-refractivity contribution is 5.99. The summed E-state index contributed by atoms with van der Waals surface area (Å²) in [5.74, 6) is -1.40. The largest absolute Gasteiger partial charge is 0.487 e. The molecule has 9 nitrogen and oxygen atoms in total. The number of pyridine rings is 1. The van der Waals surface area contributed by atoms with Crippen LogP contribution in [-0.2, 0) is 11.2 Å². The van der Waals surface area contributed by atoms with Crippen LogP contribution < -0.4 is 20.5 Å². The standard InChI is InChI=1S/C27H34FN3O6/c1-6-16-17-11-18(24(33)34)23(32)31-14(2)13-36-22(20(17)31)21(19(16)28)30-10-7-15(12-30)27(8-9-27)29-25(35)37-26(3,4)5/h11,14-15H,6-10,12-13H2,1-5H3,(H,29,35)(H,33,34)/t14-,15+/m0/s1. The SMILES string of the molecule is CCc1c(F)c(N2CC[C@@H](C3(NC(=O)OC(C)(C)C)CC3)C2)c2c3c1cc(C(=O)O)c(=O)n3[C@@H](C)CO2. The number of ether oxygens (including phenoxy) is 2. The van der Waals surface area contributed by atoms with Crippen molar-refractivity contribution in [1.82, 2.24) is 9.88 Å². The number of hydrogen-bond donors (Lipinski definition) is 2. The Morgan fingerprint density at radius 2 is 2.03 bits per heavy atom. The zero-order valence-corrected chi connectivity index (χ0v) is 21.9. The molecule has 1 aliphatic carbocycles. The number of benzene rings is 1. The van der Waals surface area contributed by atoms with Gasteiger partial charge in [0.1, 0.15) is 23.5 Å². The van der Waals surface area contributed by atoms with Gasteiger partial charge in [0, 0.05) is 29.9 Å². The average molecular weight is 516 g/mol. The third-order valence-corrected chi connectivity index (χ3v) is 7.78. The van der Waals surface area contributed by atoms with E-state index in [0.717, 1.165) is 19.3 Å². The number of nitrogens with one attached hydrogen (secondary N) is 1. The van der Waals surface area contributed by atoms with Gasteiger partial charge in [-0.25, -0.2) is 14.0 Å². The van der Waals surface area contributed by atoms with E-state index >= 15 is 4.39 Å². The van der Waals surface area contributed by atoms with Gasteiger partial charge in [0.25, 0.3) is 5.56 Å². The molecule has 10 heteroatoms. The number of amides is 1. The number of carbonyl (C=O) groups excluding carboxylic acids is 1. The van der Waals surface area contributed by atoms with E-state index in [9.17, 15) is 19.5 Å². The molecule has 1 saturated carbocycles. The Kier molecular flexibility index (Phi) is 5.91. The lowest BCUT2D eigenvalue weighted by Crippen LogP contribution is -2.46. The molecule has 37 heavy (non-hydrogen) atoms. The first-order valence-corrected chi connectivity index (χ1v) is 12.9. The minimum absolute atomic E-state index is 0.103. The number of carbonyl (C=O) groups is 2. The van der Waals surface area contributed by atoms with E-state index < -0.39 is 35.1 Å². The zero-order chi connectivity index (χ0) is 26.9. The normalized spacial score (nSPS) is 22.1. The summed E-state index contributed by atoms with van der Waals surface area (Å²) in [7, 11) is 0. The van der Waals surface area contributed by atoms with Crippen LogP contribution in [0.5, 0.6) is 5.75 Å². The van der Waals surface area contributed by atoms with E-state index in [0.29, 0.717) is 41.7 Å². The van der Waals surface area contributed by atoms with Gasteiger partial charge in [-0.2, -0.15) is 0 Å². The quantitative estimate of drug-likeness (QED) is 0.613. The van der Waals surface area contributed by atoms with E-state index in [1.807, 2.05) is 32.6 Å². The molecular formula is C27H34FN3O6. The molecule has 2 fully saturated rings. The molecule has 2 atom stereocenters. The molecule has 3 aliphatic rings. The van der Waals surface area contributed by atoms with Gasteiger partial charge >= 0.3 is 12.1 Å². The molecule has 1 aromatic heterocycles. The van der Waals surface area contributed by atoms with Crippen molar-refractivity contribution >= 4 is 28.7 Å². The van der Waals surface area contributed by atoms with Crippen LogP contribution in [0.25, 0.3) is 10.9 Å². The van der Waals surface area contributed by atoms with Gasteiger partial charge in [-0.3, -0.25) is 9.36 Å². The highest BCUT2D eigenvalue weighted by atomic mass is 19.1. The molecule has 1 aromatic carbocycles. The van der Waals surface area contributed by atoms with Crippen LogP contribution in [0, 0.1) is 11.7 Å². The topological polar surface area (TPSA) is 110 Å². The molecule has 2 aliphatic heterocycles. The fourth-order valence-electron chi connectivity index (χ4n) is 5.88. The third-order valence-electron chi connectivity index (χ3n) is 7.78. The second-order valence-corrected chi connectivity index (χ2v) is 11.5. The molecule has 200 valence electrons. The molecule has 3 heterocycles. The second-order valence-electron chi connectivity index (χ2n) is 11.5. The third kappa shape index (κ3) is 4.20.